The first-order valence-corrected chi connectivity index (χ1v) is 9.38. The van der Waals surface area contributed by atoms with Gasteiger partial charge < -0.3 is 4.98 Å². The molecule has 1 aliphatic rings. The van der Waals surface area contributed by atoms with E-state index in [2.05, 4.69) is 26.7 Å². The Morgan fingerprint density at radius 3 is 2.71 bits per heavy atom. The molecule has 2 aromatic rings. The number of nitrogens with zero attached hydrogens (tertiary/aromatic N) is 1. The Balaban J connectivity index is 1.87. The second-order valence-electron chi connectivity index (χ2n) is 6.67. The maximum absolute atomic E-state index is 13.1. The second-order valence-corrected chi connectivity index (χ2v) is 7.45. The van der Waals surface area contributed by atoms with E-state index in [4.69, 9.17) is 0 Å². The van der Waals surface area contributed by atoms with E-state index in [-0.39, 0.29) is 17.6 Å². The van der Waals surface area contributed by atoms with Crippen LogP contribution >= 0.6 is 11.3 Å². The van der Waals surface area contributed by atoms with Crippen molar-refractivity contribution in [2.75, 3.05) is 6.54 Å². The zero-order valence-corrected chi connectivity index (χ0v) is 15.5. The third kappa shape index (κ3) is 2.87. The minimum atomic E-state index is -0.200. The number of rotatable bonds is 5. The molecule has 4 nitrogen and oxygen atoms in total. The normalized spacial score (nSPS) is 19.6. The van der Waals surface area contributed by atoms with Gasteiger partial charge in [0.25, 0.3) is 0 Å². The number of carbonyl (C=O) groups excluding carboxylic acids is 2. The number of hydrogen-bond acceptors (Lipinski definition) is 4. The first-order chi connectivity index (χ1) is 11.4. The highest BCUT2D eigenvalue weighted by molar-refractivity contribution is 7.07. The van der Waals surface area contributed by atoms with Crippen LogP contribution in [0, 0.1) is 13.8 Å². The monoisotopic (exact) mass is 344 g/mol. The largest absolute Gasteiger partial charge is 0.355 e. The van der Waals surface area contributed by atoms with Gasteiger partial charge in [0.15, 0.2) is 11.6 Å². The highest BCUT2D eigenvalue weighted by atomic mass is 32.1. The fraction of sp³-hybridized carbons (Fsp3) is 0.474. The van der Waals surface area contributed by atoms with Gasteiger partial charge >= 0.3 is 0 Å². The third-order valence-electron chi connectivity index (χ3n) is 5.14. The molecule has 0 radical (unpaired) electrons. The van der Waals surface area contributed by atoms with Crippen LogP contribution in [0.4, 0.5) is 0 Å². The van der Waals surface area contributed by atoms with Crippen LogP contribution in [-0.4, -0.2) is 34.0 Å². The summed E-state index contributed by atoms with van der Waals surface area (Å²) < 4.78 is 0. The number of hydrogen-bond donors (Lipinski definition) is 1. The Kier molecular flexibility index (Phi) is 4.74. The van der Waals surface area contributed by atoms with E-state index >= 15 is 0 Å². The Morgan fingerprint density at radius 1 is 1.38 bits per heavy atom. The number of aryl methyl sites for hydroxylation is 1. The van der Waals surface area contributed by atoms with Crippen LogP contribution in [0.15, 0.2) is 16.8 Å². The lowest BCUT2D eigenvalue weighted by Gasteiger charge is -2.29. The molecule has 2 atom stereocenters. The summed E-state index contributed by atoms with van der Waals surface area (Å²) in [5.74, 6) is 0.0792. The topological polar surface area (TPSA) is 53.2 Å². The maximum Gasteiger partial charge on any atom is 0.196 e. The van der Waals surface area contributed by atoms with E-state index in [0.717, 1.165) is 30.6 Å². The van der Waals surface area contributed by atoms with Crippen molar-refractivity contribution in [1.29, 1.82) is 0 Å². The molecule has 2 aromatic heterocycles. The molecular weight excluding hydrogens is 320 g/mol. The molecule has 1 saturated heterocycles. The van der Waals surface area contributed by atoms with Crippen LogP contribution in [-0.2, 0) is 0 Å². The number of aromatic nitrogens is 1. The van der Waals surface area contributed by atoms with Crippen LogP contribution in [0.3, 0.4) is 0 Å². The highest BCUT2D eigenvalue weighted by Gasteiger charge is 2.35. The van der Waals surface area contributed by atoms with Crippen molar-refractivity contribution in [2.45, 2.75) is 52.6 Å². The van der Waals surface area contributed by atoms with Gasteiger partial charge in [-0.1, -0.05) is 0 Å². The second kappa shape index (κ2) is 6.65. The summed E-state index contributed by atoms with van der Waals surface area (Å²) in [7, 11) is 0. The van der Waals surface area contributed by atoms with Gasteiger partial charge in [0.1, 0.15) is 0 Å². The van der Waals surface area contributed by atoms with Crippen molar-refractivity contribution in [3.8, 4) is 0 Å². The molecule has 0 aliphatic carbocycles. The summed E-state index contributed by atoms with van der Waals surface area (Å²) in [6, 6.07) is 2.27. The predicted octanol–water partition coefficient (Wildman–Crippen LogP) is 4.30. The molecule has 0 saturated carbocycles. The smallest absolute Gasteiger partial charge is 0.196 e. The minimum absolute atomic E-state index is 0.00488. The molecule has 128 valence electrons. The summed E-state index contributed by atoms with van der Waals surface area (Å²) in [6.07, 6.45) is 2.20. The van der Waals surface area contributed by atoms with Gasteiger partial charge in [0.05, 0.1) is 11.7 Å². The molecule has 5 heteroatoms. The van der Waals surface area contributed by atoms with Crippen molar-refractivity contribution in [2.24, 2.45) is 0 Å². The lowest BCUT2D eigenvalue weighted by atomic mass is 10.0. The maximum atomic E-state index is 13.1. The number of ketones is 2. The summed E-state index contributed by atoms with van der Waals surface area (Å²) in [6.45, 7) is 8.19. The Bertz CT molecular complexity index is 761. The van der Waals surface area contributed by atoms with E-state index in [1.54, 1.807) is 18.3 Å². The van der Waals surface area contributed by atoms with Gasteiger partial charge in [-0.3, -0.25) is 14.5 Å². The zero-order valence-electron chi connectivity index (χ0n) is 14.7. The molecule has 1 N–H and O–H groups in total. The van der Waals surface area contributed by atoms with Gasteiger partial charge in [-0.05, 0) is 75.0 Å². The van der Waals surface area contributed by atoms with Gasteiger partial charge in [-0.2, -0.15) is 11.3 Å². The van der Waals surface area contributed by atoms with Crippen molar-refractivity contribution in [1.82, 2.24) is 9.88 Å². The first-order valence-electron chi connectivity index (χ1n) is 8.44. The summed E-state index contributed by atoms with van der Waals surface area (Å²) in [5.41, 5.74) is 4.11. The Labute approximate surface area is 146 Å². The number of H-pyrrole nitrogens is 1. The quantitative estimate of drug-likeness (QED) is 0.823. The van der Waals surface area contributed by atoms with Crippen LogP contribution in [0.2, 0.25) is 0 Å². The molecule has 0 unspecified atom stereocenters. The fourth-order valence-electron chi connectivity index (χ4n) is 3.96. The molecule has 0 amide bonds. The molecule has 24 heavy (non-hydrogen) atoms. The van der Waals surface area contributed by atoms with Crippen LogP contribution < -0.4 is 0 Å². The SMILES string of the molecule is CC(=O)c1c(C)[nH]c(C(=O)[C@H](C)N2CCC[C@@H]2c2ccsc2)c1C. The van der Waals surface area contributed by atoms with Crippen molar-refractivity contribution in [3.05, 3.63) is 44.9 Å². The predicted molar refractivity (Wildman–Crippen MR) is 97.1 cm³/mol. The number of aromatic amines is 1. The van der Waals surface area contributed by atoms with E-state index in [1.165, 1.54) is 5.56 Å². The fourth-order valence-corrected chi connectivity index (χ4v) is 4.67. The molecule has 0 spiro atoms. The van der Waals surface area contributed by atoms with Crippen LogP contribution in [0.5, 0.6) is 0 Å². The number of thiophene rings is 1. The molecule has 3 rings (SSSR count). The molecule has 1 fully saturated rings. The van der Waals surface area contributed by atoms with Gasteiger partial charge in [-0.25, -0.2) is 0 Å². The highest BCUT2D eigenvalue weighted by Crippen LogP contribution is 2.35. The van der Waals surface area contributed by atoms with Crippen LogP contribution in [0.25, 0.3) is 0 Å². The summed E-state index contributed by atoms with van der Waals surface area (Å²) in [5, 5.41) is 4.27. The van der Waals surface area contributed by atoms with Crippen molar-refractivity contribution in [3.63, 3.8) is 0 Å². The van der Waals surface area contributed by atoms with Crippen molar-refractivity contribution >= 4 is 22.9 Å². The lowest BCUT2D eigenvalue weighted by Crippen LogP contribution is -2.38. The first kappa shape index (κ1) is 17.1. The number of carbonyl (C=O) groups is 2. The van der Waals surface area contributed by atoms with Gasteiger partial charge in [0, 0.05) is 17.3 Å². The molecule has 1 aliphatic heterocycles. The zero-order chi connectivity index (χ0) is 17.4. The standard InChI is InChI=1S/C19H24N2O2S/c1-11-17(14(4)22)12(2)20-18(11)19(23)13(3)21-8-5-6-16(21)15-7-9-24-10-15/h7,9-10,13,16,20H,5-6,8H2,1-4H3/t13-,16+/m0/s1. The molecule has 0 bridgehead atoms. The van der Waals surface area contributed by atoms with Gasteiger partial charge in [0.2, 0.25) is 0 Å². The lowest BCUT2D eigenvalue weighted by molar-refractivity contribution is 0.0815. The minimum Gasteiger partial charge on any atom is -0.355 e. The molecular formula is C19H24N2O2S. The molecule has 0 aromatic carbocycles. The van der Waals surface area contributed by atoms with E-state index < -0.39 is 0 Å². The summed E-state index contributed by atoms with van der Waals surface area (Å²) >= 11 is 1.70. The number of nitrogens with one attached hydrogen (secondary N) is 1. The van der Waals surface area contributed by atoms with E-state index in [1.807, 2.05) is 20.8 Å². The third-order valence-corrected chi connectivity index (χ3v) is 5.84. The summed E-state index contributed by atoms with van der Waals surface area (Å²) in [4.78, 5) is 30.3. The number of Topliss-reactive ketones (excluding diaryl/α,β-unsaturated/α-hetero) is 2. The van der Waals surface area contributed by atoms with E-state index in [0.29, 0.717) is 17.3 Å². The van der Waals surface area contributed by atoms with E-state index in [9.17, 15) is 9.59 Å². The van der Waals surface area contributed by atoms with Crippen molar-refractivity contribution < 1.29 is 9.59 Å². The average Bonchev–Trinajstić information content (AvgIpc) is 3.24. The average molecular weight is 344 g/mol. The van der Waals surface area contributed by atoms with Crippen LogP contribution in [0.1, 0.15) is 70.4 Å². The Morgan fingerprint density at radius 2 is 2.12 bits per heavy atom. The molecule has 3 heterocycles. The Hall–Kier alpha value is -1.72. The van der Waals surface area contributed by atoms with Gasteiger partial charge in [-0.15, -0.1) is 0 Å². The number of likely N-dealkylation sites (tertiary alicyclic amines) is 1.